The summed E-state index contributed by atoms with van der Waals surface area (Å²) in [6, 6.07) is 14.4. The topological polar surface area (TPSA) is 176 Å². The molecule has 12 heteroatoms. The number of carboxylic acids is 1. The first-order valence-corrected chi connectivity index (χ1v) is 17.1. The Labute approximate surface area is 275 Å². The zero-order valence-electron chi connectivity index (χ0n) is 27.3. The van der Waals surface area contributed by atoms with Crippen LogP contribution in [-0.2, 0) is 26.0 Å². The number of nitrogens with zero attached hydrogens (tertiary/aromatic N) is 2. The van der Waals surface area contributed by atoms with Gasteiger partial charge < -0.3 is 25.4 Å². The quantitative estimate of drug-likeness (QED) is 0.165. The van der Waals surface area contributed by atoms with Gasteiger partial charge in [0.15, 0.2) is 0 Å². The molecule has 11 nitrogen and oxygen atoms in total. The Kier molecular flexibility index (Phi) is 9.53. The van der Waals surface area contributed by atoms with Gasteiger partial charge in [0, 0.05) is 19.1 Å². The maximum atomic E-state index is 13.4. The van der Waals surface area contributed by atoms with Gasteiger partial charge in [0.05, 0.1) is 4.90 Å². The van der Waals surface area contributed by atoms with Crippen molar-refractivity contribution in [1.29, 1.82) is 0 Å². The van der Waals surface area contributed by atoms with Crippen molar-refractivity contribution in [3.63, 3.8) is 0 Å². The van der Waals surface area contributed by atoms with E-state index >= 15 is 0 Å². The van der Waals surface area contributed by atoms with Crippen molar-refractivity contribution in [3.05, 3.63) is 81.9 Å². The van der Waals surface area contributed by atoms with Gasteiger partial charge in [-0.05, 0) is 105 Å². The van der Waals surface area contributed by atoms with Crippen LogP contribution in [0.2, 0.25) is 0 Å². The van der Waals surface area contributed by atoms with Crippen molar-refractivity contribution in [1.82, 2.24) is 4.72 Å². The van der Waals surface area contributed by atoms with Gasteiger partial charge in [0.2, 0.25) is 5.96 Å². The number of nitrogens with two attached hydrogens (primary N) is 1. The third-order valence-corrected chi connectivity index (χ3v) is 10.6. The first-order valence-electron chi connectivity index (χ1n) is 15.6. The first-order chi connectivity index (χ1) is 22.2. The summed E-state index contributed by atoms with van der Waals surface area (Å²) < 4.78 is 40.9. The number of ether oxygens (including phenoxy) is 2. The van der Waals surface area contributed by atoms with Gasteiger partial charge in [-0.25, -0.2) is 17.9 Å². The molecule has 0 amide bonds. The van der Waals surface area contributed by atoms with Crippen LogP contribution < -0.4 is 20.3 Å². The molecule has 0 saturated heterocycles. The van der Waals surface area contributed by atoms with E-state index in [9.17, 15) is 23.4 Å². The van der Waals surface area contributed by atoms with Gasteiger partial charge in [0.1, 0.15) is 23.5 Å². The molecule has 250 valence electrons. The lowest BCUT2D eigenvalue weighted by Crippen LogP contribution is -2.38. The molecule has 1 heterocycles. The molecular formula is C35H41N4O7S-. The van der Waals surface area contributed by atoms with Crippen LogP contribution in [0.5, 0.6) is 5.75 Å². The van der Waals surface area contributed by atoms with Crippen molar-refractivity contribution in [2.24, 2.45) is 15.7 Å². The number of fused-ring (bicyclic) bond motifs is 4. The van der Waals surface area contributed by atoms with Gasteiger partial charge in [0.25, 0.3) is 10.0 Å². The summed E-state index contributed by atoms with van der Waals surface area (Å²) in [5.41, 5.74) is 12.6. The highest BCUT2D eigenvalue weighted by atomic mass is 32.2. The molecular weight excluding hydrogens is 620 g/mol. The number of carbonyl (C=O) groups is 1. The molecule has 0 radical (unpaired) electrons. The fourth-order valence-corrected chi connectivity index (χ4v) is 7.98. The van der Waals surface area contributed by atoms with E-state index < -0.39 is 28.1 Å². The molecule has 3 aromatic rings. The number of nitrogens with one attached hydrogen (secondary N) is 1. The number of hydrogen-bond acceptors (Lipinski definition) is 8. The largest absolute Gasteiger partial charge is 0.599 e. The predicted octanol–water partition coefficient (Wildman–Crippen LogP) is 4.09. The van der Waals surface area contributed by atoms with Gasteiger partial charge >= 0.3 is 5.97 Å². The fourth-order valence-electron chi connectivity index (χ4n) is 6.46. The number of sulfonamides is 1. The maximum absolute atomic E-state index is 13.4. The number of rotatable bonds is 10. The van der Waals surface area contributed by atoms with Crippen molar-refractivity contribution in [3.8, 4) is 16.9 Å². The number of guanidine groups is 1. The number of hydrogen-bond donors (Lipinski definition) is 3. The molecule has 1 aliphatic heterocycles. The van der Waals surface area contributed by atoms with E-state index in [0.717, 1.165) is 45.6 Å². The third-order valence-electron chi connectivity index (χ3n) is 8.97. The van der Waals surface area contributed by atoms with Crippen LogP contribution in [0.25, 0.3) is 11.1 Å². The van der Waals surface area contributed by atoms with Crippen LogP contribution in [0.1, 0.15) is 72.4 Å². The molecule has 4 N–H and O–H groups in total. The Morgan fingerprint density at radius 2 is 1.70 bits per heavy atom. The molecule has 1 atom stereocenters. The zero-order chi connectivity index (χ0) is 34.1. The van der Waals surface area contributed by atoms with Crippen LogP contribution in [0, 0.1) is 20.8 Å². The molecule has 0 unspecified atom stereocenters. The summed E-state index contributed by atoms with van der Waals surface area (Å²) in [5.74, 6) is -1.05. The molecule has 5 rings (SSSR count). The van der Waals surface area contributed by atoms with Gasteiger partial charge in [-0.3, -0.25) is 9.98 Å². The number of aliphatic carboxylic acids is 1. The van der Waals surface area contributed by atoms with E-state index in [1.54, 1.807) is 13.8 Å². The highest BCUT2D eigenvalue weighted by Gasteiger charge is 2.34. The summed E-state index contributed by atoms with van der Waals surface area (Å²) in [7, 11) is -4.07. The maximum Gasteiger partial charge on any atom is 0.328 e. The zero-order valence-corrected chi connectivity index (χ0v) is 28.1. The molecule has 47 heavy (non-hydrogen) atoms. The number of carboxylic acid groups (broad SMARTS) is 1. The van der Waals surface area contributed by atoms with Crippen molar-refractivity contribution in [2.75, 3.05) is 13.2 Å². The van der Waals surface area contributed by atoms with Crippen LogP contribution in [0.4, 0.5) is 0 Å². The van der Waals surface area contributed by atoms with Gasteiger partial charge in [-0.15, -0.1) is 0 Å². The fraction of sp³-hybridized carbons (Fsp3) is 0.400. The Morgan fingerprint density at radius 3 is 2.32 bits per heavy atom. The highest BCUT2D eigenvalue weighted by Crippen LogP contribution is 2.45. The summed E-state index contributed by atoms with van der Waals surface area (Å²) in [6.07, 6.45) is 0.637. The van der Waals surface area contributed by atoms with Crippen molar-refractivity contribution < 1.29 is 32.9 Å². The van der Waals surface area contributed by atoms with Gasteiger partial charge in [-0.1, -0.05) is 48.5 Å². The van der Waals surface area contributed by atoms with E-state index in [1.807, 2.05) is 69.3 Å². The Morgan fingerprint density at radius 1 is 1.09 bits per heavy atom. The number of benzene rings is 3. The minimum absolute atomic E-state index is 0.0163. The normalized spacial score (nSPS) is 16.4. The first kappa shape index (κ1) is 33.8. The lowest BCUT2D eigenvalue weighted by Gasteiger charge is -2.35. The minimum Gasteiger partial charge on any atom is -0.599 e. The standard InChI is InChI=1S/C35H42N4O7S/c1-20-21(2)31(22(3)23-16-17-35(4,5)46-30(20)23)47(43,44)39-33(36)37-18-10-15-29(32(40)41)38-34(42)45-19-28-26-13-8-6-11-24(26)25-12-7-9-14-27(25)28/h6-9,11-14,28-29H,10,15-19H2,1-5H3,(H,38,42)(H,40,41)(H3,36,37,39)/p-1/t29-/m0/s1. The van der Waals surface area contributed by atoms with Crippen molar-refractivity contribution >= 4 is 28.0 Å². The second kappa shape index (κ2) is 13.3. The average Bonchev–Trinajstić information content (AvgIpc) is 3.33. The van der Waals surface area contributed by atoms with E-state index in [2.05, 4.69) is 14.7 Å². The second-order valence-electron chi connectivity index (χ2n) is 12.7. The van der Waals surface area contributed by atoms with E-state index in [1.165, 1.54) is 0 Å². The van der Waals surface area contributed by atoms with E-state index in [-0.39, 0.29) is 48.4 Å². The molecule has 3 aromatic carbocycles. The predicted molar refractivity (Wildman–Crippen MR) is 178 cm³/mol. The molecule has 0 bridgehead atoms. The molecule has 1 aliphatic carbocycles. The molecule has 0 fully saturated rings. The summed E-state index contributed by atoms with van der Waals surface area (Å²) in [6.45, 7) is 9.41. The molecule has 0 spiro atoms. The Hall–Kier alpha value is -4.58. The molecule has 0 aromatic heterocycles. The summed E-state index contributed by atoms with van der Waals surface area (Å²) >= 11 is 0. The minimum atomic E-state index is -4.07. The van der Waals surface area contributed by atoms with E-state index in [0.29, 0.717) is 17.5 Å². The SMILES string of the molecule is Cc1c(C)c(S(=O)(=O)NC(N)=NCCC[C@H](N=C([O-])OCC2c3ccccc3-c3ccccc32)C(=O)O)c(C)c2c1OC(C)(C)CC2. The number of aliphatic imine (C=N–C) groups is 2. The second-order valence-corrected chi connectivity index (χ2v) is 14.3. The lowest BCUT2D eigenvalue weighted by atomic mass is 9.88. The van der Waals surface area contributed by atoms with Crippen molar-refractivity contribution in [2.45, 2.75) is 82.8 Å². The van der Waals surface area contributed by atoms with Crippen LogP contribution in [0.3, 0.4) is 0 Å². The third kappa shape index (κ3) is 7.07. The highest BCUT2D eigenvalue weighted by molar-refractivity contribution is 7.90. The Bertz CT molecular complexity index is 1820. The summed E-state index contributed by atoms with van der Waals surface area (Å²) in [5, 5.41) is 22.3. The van der Waals surface area contributed by atoms with Crippen LogP contribution in [0.15, 0.2) is 63.4 Å². The van der Waals surface area contributed by atoms with Crippen LogP contribution >= 0.6 is 0 Å². The average molecular weight is 662 g/mol. The Balaban J connectivity index is 1.19. The lowest BCUT2D eigenvalue weighted by molar-refractivity contribution is -0.251. The monoisotopic (exact) mass is 661 g/mol. The molecule has 0 saturated carbocycles. The van der Waals surface area contributed by atoms with E-state index in [4.69, 9.17) is 15.2 Å². The summed E-state index contributed by atoms with van der Waals surface area (Å²) in [4.78, 5) is 19.9. The smallest absolute Gasteiger partial charge is 0.328 e. The van der Waals surface area contributed by atoms with Crippen LogP contribution in [-0.4, -0.2) is 56.3 Å². The molecule has 2 aliphatic rings. The van der Waals surface area contributed by atoms with Gasteiger partial charge in [-0.2, -0.15) is 0 Å².